The fourth-order valence-corrected chi connectivity index (χ4v) is 5.24. The third-order valence-electron chi connectivity index (χ3n) is 5.85. The maximum absolute atomic E-state index is 13.6. The summed E-state index contributed by atoms with van der Waals surface area (Å²) in [6.07, 6.45) is 0. The Bertz CT molecular complexity index is 1190. The van der Waals surface area contributed by atoms with E-state index in [-0.39, 0.29) is 11.8 Å². The summed E-state index contributed by atoms with van der Waals surface area (Å²) in [4.78, 5) is 29.6. The molecule has 0 aliphatic carbocycles. The molecule has 184 valence electrons. The molecular weight excluding hydrogens is 468 g/mol. The molecule has 0 bridgehead atoms. The number of nitrogens with one attached hydrogen (secondary N) is 1. The molecule has 1 aromatic heterocycles. The van der Waals surface area contributed by atoms with Crippen LogP contribution in [0.4, 0.5) is 5.00 Å². The van der Waals surface area contributed by atoms with Crippen molar-refractivity contribution in [2.45, 2.75) is 6.92 Å². The third-order valence-corrected chi connectivity index (χ3v) is 7.11. The first kappa shape index (κ1) is 24.6. The first-order valence-electron chi connectivity index (χ1n) is 11.2. The van der Waals surface area contributed by atoms with E-state index < -0.39 is 0 Å². The van der Waals surface area contributed by atoms with Gasteiger partial charge in [-0.1, -0.05) is 30.3 Å². The summed E-state index contributed by atoms with van der Waals surface area (Å²) in [6.45, 7) is 3.92. The maximum Gasteiger partial charge on any atom is 0.257 e. The van der Waals surface area contributed by atoms with Crippen molar-refractivity contribution in [3.8, 4) is 27.7 Å². The Morgan fingerprint density at radius 3 is 2.17 bits per heavy atom. The van der Waals surface area contributed by atoms with Gasteiger partial charge in [-0.2, -0.15) is 0 Å². The number of carbonyl (C=O) groups is 2. The standard InChI is InChI=1S/C26H28N2O6S/c1-16-21(26(30)28-10-12-34-13-11-28)25(35-23(16)17-8-6-5-7-9-17)27-24(29)18-14-19(31-2)22(33-4)20(15-18)32-3/h5-9,14-15H,10-13H2,1-4H3,(H,27,29). The second kappa shape index (κ2) is 10.8. The van der Waals surface area contributed by atoms with Gasteiger partial charge in [-0.3, -0.25) is 9.59 Å². The summed E-state index contributed by atoms with van der Waals surface area (Å²) in [6, 6.07) is 13.0. The van der Waals surface area contributed by atoms with Gasteiger partial charge in [-0.15, -0.1) is 11.3 Å². The molecule has 1 aliphatic rings. The van der Waals surface area contributed by atoms with E-state index in [1.54, 1.807) is 17.0 Å². The zero-order valence-electron chi connectivity index (χ0n) is 20.2. The number of nitrogens with zero attached hydrogens (tertiary/aromatic N) is 1. The number of morpholine rings is 1. The summed E-state index contributed by atoms with van der Waals surface area (Å²) in [5, 5.41) is 3.46. The highest BCUT2D eigenvalue weighted by Crippen LogP contribution is 2.42. The van der Waals surface area contributed by atoms with Crippen molar-refractivity contribution in [2.75, 3.05) is 52.9 Å². The van der Waals surface area contributed by atoms with E-state index in [0.717, 1.165) is 16.0 Å². The largest absolute Gasteiger partial charge is 0.493 e. The van der Waals surface area contributed by atoms with E-state index in [2.05, 4.69) is 5.32 Å². The number of amides is 2. The van der Waals surface area contributed by atoms with Crippen molar-refractivity contribution in [1.82, 2.24) is 4.90 Å². The number of methoxy groups -OCH3 is 3. The monoisotopic (exact) mass is 496 g/mol. The van der Waals surface area contributed by atoms with Crippen LogP contribution in [-0.2, 0) is 4.74 Å². The van der Waals surface area contributed by atoms with Gasteiger partial charge in [-0.05, 0) is 30.2 Å². The second-order valence-electron chi connectivity index (χ2n) is 7.90. The first-order chi connectivity index (χ1) is 17.0. The summed E-state index contributed by atoms with van der Waals surface area (Å²) in [5.74, 6) is 0.626. The third kappa shape index (κ3) is 4.96. The lowest BCUT2D eigenvalue weighted by atomic mass is 10.1. The van der Waals surface area contributed by atoms with Gasteiger partial charge in [0.1, 0.15) is 5.00 Å². The fraction of sp³-hybridized carbons (Fsp3) is 0.308. The van der Waals surface area contributed by atoms with Crippen LogP contribution in [0.5, 0.6) is 17.2 Å². The maximum atomic E-state index is 13.6. The average Bonchev–Trinajstić information content (AvgIpc) is 3.23. The quantitative estimate of drug-likeness (QED) is 0.519. The Balaban J connectivity index is 1.74. The van der Waals surface area contributed by atoms with Crippen molar-refractivity contribution in [3.05, 3.63) is 59.2 Å². The Morgan fingerprint density at radius 1 is 0.971 bits per heavy atom. The van der Waals surface area contributed by atoms with Crippen LogP contribution in [0.15, 0.2) is 42.5 Å². The minimum Gasteiger partial charge on any atom is -0.493 e. The molecule has 8 nitrogen and oxygen atoms in total. The van der Waals surface area contributed by atoms with E-state index in [4.69, 9.17) is 18.9 Å². The van der Waals surface area contributed by atoms with Crippen LogP contribution in [0.25, 0.3) is 10.4 Å². The number of anilines is 1. The number of carbonyl (C=O) groups excluding carboxylic acids is 2. The van der Waals surface area contributed by atoms with Gasteiger partial charge in [0, 0.05) is 23.5 Å². The zero-order valence-corrected chi connectivity index (χ0v) is 21.0. The predicted molar refractivity (Wildman–Crippen MR) is 135 cm³/mol. The smallest absolute Gasteiger partial charge is 0.257 e. The van der Waals surface area contributed by atoms with E-state index >= 15 is 0 Å². The lowest BCUT2D eigenvalue weighted by molar-refractivity contribution is 0.0303. The number of hydrogen-bond acceptors (Lipinski definition) is 7. The SMILES string of the molecule is COc1cc(C(=O)Nc2sc(-c3ccccc3)c(C)c2C(=O)N2CCOCC2)cc(OC)c1OC. The summed E-state index contributed by atoms with van der Waals surface area (Å²) in [7, 11) is 4.49. The molecule has 1 aliphatic heterocycles. The summed E-state index contributed by atoms with van der Waals surface area (Å²) in [5.41, 5.74) is 2.63. The van der Waals surface area contributed by atoms with Gasteiger partial charge >= 0.3 is 0 Å². The van der Waals surface area contributed by atoms with Crippen molar-refractivity contribution in [1.29, 1.82) is 0 Å². The van der Waals surface area contributed by atoms with E-state index in [1.165, 1.54) is 32.7 Å². The predicted octanol–water partition coefficient (Wildman–Crippen LogP) is 4.47. The molecule has 0 unspecified atom stereocenters. The van der Waals surface area contributed by atoms with Crippen molar-refractivity contribution < 1.29 is 28.5 Å². The van der Waals surface area contributed by atoms with Crippen LogP contribution in [0.3, 0.4) is 0 Å². The molecule has 1 fully saturated rings. The van der Waals surface area contributed by atoms with E-state index in [9.17, 15) is 9.59 Å². The minimum absolute atomic E-state index is 0.121. The lowest BCUT2D eigenvalue weighted by Gasteiger charge is -2.27. The number of thiophene rings is 1. The normalized spacial score (nSPS) is 13.3. The molecule has 2 heterocycles. The molecule has 3 aromatic rings. The van der Waals surface area contributed by atoms with Crippen LogP contribution in [-0.4, -0.2) is 64.3 Å². The molecule has 0 spiro atoms. The fourth-order valence-electron chi connectivity index (χ4n) is 4.04. The average molecular weight is 497 g/mol. The zero-order chi connectivity index (χ0) is 24.9. The molecule has 1 N–H and O–H groups in total. The molecule has 0 atom stereocenters. The molecule has 0 radical (unpaired) electrons. The van der Waals surface area contributed by atoms with Crippen molar-refractivity contribution >= 4 is 28.2 Å². The van der Waals surface area contributed by atoms with Crippen LogP contribution in [0.2, 0.25) is 0 Å². The Hall–Kier alpha value is -3.56. The van der Waals surface area contributed by atoms with Gasteiger partial charge in [0.25, 0.3) is 11.8 Å². The molecule has 2 amide bonds. The molecule has 4 rings (SSSR count). The van der Waals surface area contributed by atoms with Gasteiger partial charge in [0.05, 0.1) is 40.1 Å². The Kier molecular flexibility index (Phi) is 7.57. The van der Waals surface area contributed by atoms with Crippen LogP contribution in [0.1, 0.15) is 26.3 Å². The number of hydrogen-bond donors (Lipinski definition) is 1. The molecule has 0 saturated carbocycles. The first-order valence-corrected chi connectivity index (χ1v) is 12.0. The summed E-state index contributed by atoms with van der Waals surface area (Å²) >= 11 is 1.38. The Morgan fingerprint density at radius 2 is 1.60 bits per heavy atom. The highest BCUT2D eigenvalue weighted by atomic mass is 32.1. The van der Waals surface area contributed by atoms with Crippen molar-refractivity contribution in [3.63, 3.8) is 0 Å². The van der Waals surface area contributed by atoms with Gasteiger partial charge in [0.2, 0.25) is 5.75 Å². The van der Waals surface area contributed by atoms with E-state index in [1.807, 2.05) is 37.3 Å². The van der Waals surface area contributed by atoms with Crippen LogP contribution in [0, 0.1) is 6.92 Å². The van der Waals surface area contributed by atoms with E-state index in [0.29, 0.717) is 59.7 Å². The molecule has 9 heteroatoms. The molecular formula is C26H28N2O6S. The highest BCUT2D eigenvalue weighted by molar-refractivity contribution is 7.20. The highest BCUT2D eigenvalue weighted by Gasteiger charge is 2.28. The lowest BCUT2D eigenvalue weighted by Crippen LogP contribution is -2.41. The van der Waals surface area contributed by atoms with Crippen molar-refractivity contribution in [2.24, 2.45) is 0 Å². The molecule has 1 saturated heterocycles. The number of rotatable bonds is 7. The summed E-state index contributed by atoms with van der Waals surface area (Å²) < 4.78 is 21.5. The number of benzene rings is 2. The van der Waals surface area contributed by atoms with Crippen LogP contribution >= 0.6 is 11.3 Å². The minimum atomic E-state index is -0.388. The molecule has 2 aromatic carbocycles. The van der Waals surface area contributed by atoms with Gasteiger partial charge in [-0.25, -0.2) is 0 Å². The Labute approximate surface area is 208 Å². The van der Waals surface area contributed by atoms with Crippen LogP contribution < -0.4 is 19.5 Å². The second-order valence-corrected chi connectivity index (χ2v) is 8.92. The topological polar surface area (TPSA) is 86.3 Å². The number of ether oxygens (including phenoxy) is 4. The van der Waals surface area contributed by atoms with Gasteiger partial charge in [0.15, 0.2) is 11.5 Å². The molecule has 35 heavy (non-hydrogen) atoms. The van der Waals surface area contributed by atoms with Gasteiger partial charge < -0.3 is 29.2 Å².